The molecule has 2 amide bonds. The summed E-state index contributed by atoms with van der Waals surface area (Å²) in [5.74, 6) is 1.27. The second-order valence-electron chi connectivity index (χ2n) is 5.49. The Balaban J connectivity index is 1.48. The quantitative estimate of drug-likeness (QED) is 0.387. The Kier molecular flexibility index (Phi) is 7.00. The van der Waals surface area contributed by atoms with Gasteiger partial charge in [0, 0.05) is 15.6 Å². The van der Waals surface area contributed by atoms with Crippen molar-refractivity contribution in [2.45, 2.75) is 16.9 Å². The topological polar surface area (TPSA) is 75.9 Å². The van der Waals surface area contributed by atoms with Gasteiger partial charge in [-0.15, -0.1) is 0 Å². The molecule has 3 aromatic rings. The van der Waals surface area contributed by atoms with Crippen LogP contribution in [0.5, 0.6) is 5.75 Å². The number of carbonyl (C=O) groups excluding carboxylic acids is 1. The normalized spacial score (nSPS) is 10.8. The van der Waals surface area contributed by atoms with Crippen molar-refractivity contribution in [1.82, 2.24) is 5.43 Å². The van der Waals surface area contributed by atoms with E-state index in [1.54, 1.807) is 30.3 Å². The lowest BCUT2D eigenvalue weighted by molar-refractivity contribution is 0.252. The van der Waals surface area contributed by atoms with E-state index in [0.717, 1.165) is 10.6 Å². The number of ether oxygens (including phenoxy) is 1. The zero-order valence-electron chi connectivity index (χ0n) is 15.0. The lowest BCUT2D eigenvalue weighted by Crippen LogP contribution is -2.24. The standard InChI is InChI=1S/C20H18ClN3O3S/c1-2-26-16-7-5-15(6-8-16)23-20(25)24-22-13-17-9-12-19(27-17)28-18-10-3-14(21)4-11-18/h3-13H,2H2,1H3,(H2,23,24,25)/b22-13+. The Morgan fingerprint density at radius 2 is 1.89 bits per heavy atom. The molecule has 6 nitrogen and oxygen atoms in total. The first-order chi connectivity index (χ1) is 13.6. The molecule has 0 bridgehead atoms. The van der Waals surface area contributed by atoms with E-state index in [2.05, 4.69) is 15.8 Å². The first kappa shape index (κ1) is 19.9. The van der Waals surface area contributed by atoms with Crippen molar-refractivity contribution in [1.29, 1.82) is 0 Å². The monoisotopic (exact) mass is 415 g/mol. The van der Waals surface area contributed by atoms with Crippen LogP contribution in [-0.2, 0) is 0 Å². The van der Waals surface area contributed by atoms with Crippen molar-refractivity contribution in [2.24, 2.45) is 5.10 Å². The number of hydrazone groups is 1. The number of nitrogens with one attached hydrogen (secondary N) is 2. The zero-order valence-corrected chi connectivity index (χ0v) is 16.6. The number of furan rings is 1. The molecule has 0 fully saturated rings. The minimum atomic E-state index is -0.456. The van der Waals surface area contributed by atoms with Gasteiger partial charge in [0.2, 0.25) is 0 Å². The maximum atomic E-state index is 11.9. The average molecular weight is 416 g/mol. The number of amides is 2. The Bertz CT molecular complexity index is 940. The highest BCUT2D eigenvalue weighted by Crippen LogP contribution is 2.29. The summed E-state index contributed by atoms with van der Waals surface area (Å²) in [6.07, 6.45) is 1.43. The van der Waals surface area contributed by atoms with Crippen molar-refractivity contribution in [3.05, 3.63) is 71.4 Å². The largest absolute Gasteiger partial charge is 0.494 e. The van der Waals surface area contributed by atoms with Crippen LogP contribution in [0.3, 0.4) is 0 Å². The van der Waals surface area contributed by atoms with Crippen LogP contribution < -0.4 is 15.5 Å². The fourth-order valence-corrected chi connectivity index (χ4v) is 3.10. The summed E-state index contributed by atoms with van der Waals surface area (Å²) < 4.78 is 11.0. The molecule has 28 heavy (non-hydrogen) atoms. The highest BCUT2D eigenvalue weighted by atomic mass is 35.5. The molecule has 0 aliphatic heterocycles. The second-order valence-corrected chi connectivity index (χ2v) is 7.01. The lowest BCUT2D eigenvalue weighted by Gasteiger charge is -2.06. The van der Waals surface area contributed by atoms with E-state index in [1.807, 2.05) is 37.3 Å². The van der Waals surface area contributed by atoms with Crippen LogP contribution in [0.2, 0.25) is 5.02 Å². The summed E-state index contributed by atoms with van der Waals surface area (Å²) >= 11 is 7.34. The highest BCUT2D eigenvalue weighted by molar-refractivity contribution is 7.99. The van der Waals surface area contributed by atoms with Crippen LogP contribution in [0.1, 0.15) is 12.7 Å². The van der Waals surface area contributed by atoms with Crippen molar-refractivity contribution in [3.8, 4) is 5.75 Å². The van der Waals surface area contributed by atoms with E-state index in [9.17, 15) is 4.79 Å². The molecule has 0 spiro atoms. The first-order valence-corrected chi connectivity index (χ1v) is 9.68. The molecule has 1 heterocycles. The number of hydrogen-bond acceptors (Lipinski definition) is 5. The Morgan fingerprint density at radius 3 is 2.61 bits per heavy atom. The number of hydrogen-bond donors (Lipinski definition) is 2. The number of nitrogens with zero attached hydrogens (tertiary/aromatic N) is 1. The number of halogens is 1. The van der Waals surface area contributed by atoms with E-state index in [-0.39, 0.29) is 0 Å². The molecule has 0 aliphatic rings. The van der Waals surface area contributed by atoms with E-state index in [1.165, 1.54) is 18.0 Å². The van der Waals surface area contributed by atoms with Crippen LogP contribution in [0.25, 0.3) is 0 Å². The molecule has 0 saturated heterocycles. The predicted molar refractivity (Wildman–Crippen MR) is 112 cm³/mol. The van der Waals surface area contributed by atoms with Crippen LogP contribution >= 0.6 is 23.4 Å². The van der Waals surface area contributed by atoms with Crippen LogP contribution in [0.15, 0.2) is 80.2 Å². The van der Waals surface area contributed by atoms with Gasteiger partial charge < -0.3 is 14.5 Å². The van der Waals surface area contributed by atoms with Gasteiger partial charge in [0.15, 0.2) is 5.09 Å². The van der Waals surface area contributed by atoms with E-state index >= 15 is 0 Å². The van der Waals surface area contributed by atoms with Crippen molar-refractivity contribution in [2.75, 3.05) is 11.9 Å². The van der Waals surface area contributed by atoms with Gasteiger partial charge in [-0.1, -0.05) is 23.4 Å². The molecule has 2 N–H and O–H groups in total. The average Bonchev–Trinajstić information content (AvgIpc) is 3.13. The minimum absolute atomic E-state index is 0.456. The van der Waals surface area contributed by atoms with Gasteiger partial charge in [-0.3, -0.25) is 0 Å². The first-order valence-electron chi connectivity index (χ1n) is 8.48. The summed E-state index contributed by atoms with van der Waals surface area (Å²) in [5.41, 5.74) is 3.03. The third kappa shape index (κ3) is 6.07. The molecule has 144 valence electrons. The van der Waals surface area contributed by atoms with Gasteiger partial charge >= 0.3 is 6.03 Å². The molecular formula is C20H18ClN3O3S. The van der Waals surface area contributed by atoms with Crippen LogP contribution in [-0.4, -0.2) is 18.9 Å². The second kappa shape index (κ2) is 9.87. The number of rotatable bonds is 7. The van der Waals surface area contributed by atoms with Crippen molar-refractivity contribution < 1.29 is 13.9 Å². The minimum Gasteiger partial charge on any atom is -0.494 e. The smallest absolute Gasteiger partial charge is 0.339 e. The lowest BCUT2D eigenvalue weighted by atomic mass is 10.3. The third-order valence-electron chi connectivity index (χ3n) is 3.42. The molecule has 3 rings (SSSR count). The number of anilines is 1. The van der Waals surface area contributed by atoms with Gasteiger partial charge in [-0.25, -0.2) is 10.2 Å². The molecule has 0 radical (unpaired) electrons. The van der Waals surface area contributed by atoms with Gasteiger partial charge in [-0.2, -0.15) is 5.10 Å². The number of carbonyl (C=O) groups is 1. The van der Waals surface area contributed by atoms with Gasteiger partial charge in [-0.05, 0) is 67.6 Å². The molecule has 1 aromatic heterocycles. The summed E-state index contributed by atoms with van der Waals surface area (Å²) in [6, 6.07) is 17.7. The fraction of sp³-hybridized carbons (Fsp3) is 0.100. The molecule has 0 atom stereocenters. The number of benzene rings is 2. The summed E-state index contributed by atoms with van der Waals surface area (Å²) in [7, 11) is 0. The van der Waals surface area contributed by atoms with Gasteiger partial charge in [0.1, 0.15) is 11.5 Å². The van der Waals surface area contributed by atoms with Crippen molar-refractivity contribution >= 4 is 41.3 Å². The molecule has 0 unspecified atom stereocenters. The van der Waals surface area contributed by atoms with E-state index < -0.39 is 6.03 Å². The van der Waals surface area contributed by atoms with E-state index in [0.29, 0.717) is 28.2 Å². The summed E-state index contributed by atoms with van der Waals surface area (Å²) in [6.45, 7) is 2.50. The Hall–Kier alpha value is -2.90. The molecular weight excluding hydrogens is 398 g/mol. The molecule has 8 heteroatoms. The molecule has 2 aromatic carbocycles. The maximum Gasteiger partial charge on any atom is 0.339 e. The summed E-state index contributed by atoms with van der Waals surface area (Å²) in [5, 5.41) is 7.96. The fourth-order valence-electron chi connectivity index (χ4n) is 2.19. The highest BCUT2D eigenvalue weighted by Gasteiger charge is 2.04. The molecule has 0 aliphatic carbocycles. The Morgan fingerprint density at radius 1 is 1.14 bits per heavy atom. The van der Waals surface area contributed by atoms with Gasteiger partial charge in [0.05, 0.1) is 12.8 Å². The van der Waals surface area contributed by atoms with Crippen LogP contribution in [0, 0.1) is 0 Å². The Labute approximate surface area is 171 Å². The van der Waals surface area contributed by atoms with Crippen molar-refractivity contribution in [3.63, 3.8) is 0 Å². The third-order valence-corrected chi connectivity index (χ3v) is 4.60. The predicted octanol–water partition coefficient (Wildman–Crippen LogP) is 5.64. The van der Waals surface area contributed by atoms with Gasteiger partial charge in [0.25, 0.3) is 0 Å². The SMILES string of the molecule is CCOc1ccc(NC(=O)N/N=C/c2ccc(Sc3ccc(Cl)cc3)o2)cc1. The van der Waals surface area contributed by atoms with E-state index in [4.69, 9.17) is 20.8 Å². The molecule has 0 saturated carbocycles. The van der Waals surface area contributed by atoms with Crippen LogP contribution in [0.4, 0.5) is 10.5 Å². The summed E-state index contributed by atoms with van der Waals surface area (Å²) in [4.78, 5) is 12.9. The zero-order chi connectivity index (χ0) is 19.8. The maximum absolute atomic E-state index is 11.9. The number of urea groups is 1.